The van der Waals surface area contributed by atoms with Gasteiger partial charge in [-0.25, -0.2) is 4.98 Å². The molecule has 3 aromatic rings. The largest absolute Gasteiger partial charge is 0.271 e. The molecule has 4 nitrogen and oxygen atoms in total. The zero-order valence-electron chi connectivity index (χ0n) is 10.6. The van der Waals surface area contributed by atoms with Crippen LogP contribution in [-0.2, 0) is 6.42 Å². The number of pyridine rings is 1. The number of rotatable bonds is 4. The number of nitrogens with one attached hydrogen (secondary N) is 1. The Bertz CT molecular complexity index is 695. The first-order valence-electron chi connectivity index (χ1n) is 6.19. The van der Waals surface area contributed by atoms with Crippen molar-refractivity contribution < 1.29 is 0 Å². The highest BCUT2D eigenvalue weighted by Gasteiger charge is 2.17. The monoisotopic (exact) mass is 348 g/mol. The van der Waals surface area contributed by atoms with Gasteiger partial charge in [-0.2, -0.15) is 0 Å². The molecule has 0 fully saturated rings. The van der Waals surface area contributed by atoms with Crippen LogP contribution >= 0.6 is 27.3 Å². The Labute approximate surface area is 129 Å². The van der Waals surface area contributed by atoms with Crippen LogP contribution in [0.3, 0.4) is 0 Å². The molecule has 20 heavy (non-hydrogen) atoms. The molecule has 1 atom stereocenters. The Morgan fingerprint density at radius 3 is 2.85 bits per heavy atom. The number of hydrazine groups is 1. The van der Waals surface area contributed by atoms with Crippen LogP contribution in [0.25, 0.3) is 10.2 Å². The summed E-state index contributed by atoms with van der Waals surface area (Å²) in [6.45, 7) is 0. The van der Waals surface area contributed by atoms with Gasteiger partial charge in [-0.3, -0.25) is 16.3 Å². The number of thiazole rings is 1. The smallest absolute Gasteiger partial charge is 0.0958 e. The SMILES string of the molecule is NNC(Cc1nc2ccccc2s1)c1ncccc1Br. The second kappa shape index (κ2) is 5.97. The molecule has 102 valence electrons. The zero-order valence-corrected chi connectivity index (χ0v) is 13.0. The third kappa shape index (κ3) is 2.73. The van der Waals surface area contributed by atoms with Crippen LogP contribution in [-0.4, -0.2) is 9.97 Å². The van der Waals surface area contributed by atoms with Crippen molar-refractivity contribution in [3.63, 3.8) is 0 Å². The Hall–Kier alpha value is -1.34. The molecule has 0 amide bonds. The summed E-state index contributed by atoms with van der Waals surface area (Å²) in [4.78, 5) is 9.02. The van der Waals surface area contributed by atoms with E-state index in [1.165, 1.54) is 4.70 Å². The number of para-hydroxylation sites is 1. The van der Waals surface area contributed by atoms with Crippen LogP contribution < -0.4 is 11.3 Å². The summed E-state index contributed by atoms with van der Waals surface area (Å²) in [5, 5.41) is 1.05. The maximum Gasteiger partial charge on any atom is 0.0958 e. The highest BCUT2D eigenvalue weighted by Crippen LogP contribution is 2.27. The fourth-order valence-corrected chi connectivity index (χ4v) is 3.61. The van der Waals surface area contributed by atoms with Crippen LogP contribution in [0.1, 0.15) is 16.7 Å². The van der Waals surface area contributed by atoms with Crippen LogP contribution in [0, 0.1) is 0 Å². The Morgan fingerprint density at radius 2 is 2.10 bits per heavy atom. The Kier molecular flexibility index (Phi) is 4.07. The maximum absolute atomic E-state index is 5.68. The minimum absolute atomic E-state index is 0.0638. The topological polar surface area (TPSA) is 63.8 Å². The molecule has 2 aromatic heterocycles. The van der Waals surface area contributed by atoms with Gasteiger partial charge in [0, 0.05) is 17.1 Å². The summed E-state index contributed by atoms with van der Waals surface area (Å²) in [5.41, 5.74) is 4.75. The number of halogens is 1. The van der Waals surface area contributed by atoms with E-state index in [2.05, 4.69) is 37.4 Å². The second-order valence-corrected chi connectivity index (χ2v) is 6.34. The lowest BCUT2D eigenvalue weighted by Gasteiger charge is -2.15. The second-order valence-electron chi connectivity index (χ2n) is 4.37. The number of hydrogen-bond donors (Lipinski definition) is 2. The van der Waals surface area contributed by atoms with Gasteiger partial charge in [0.25, 0.3) is 0 Å². The van der Waals surface area contributed by atoms with Gasteiger partial charge in [0.05, 0.1) is 27.0 Å². The predicted molar refractivity (Wildman–Crippen MR) is 85.3 cm³/mol. The third-order valence-corrected chi connectivity index (χ3v) is 4.76. The lowest BCUT2D eigenvalue weighted by Crippen LogP contribution is -2.30. The minimum atomic E-state index is -0.0638. The van der Waals surface area contributed by atoms with E-state index in [0.717, 1.165) is 20.7 Å². The lowest BCUT2D eigenvalue weighted by atomic mass is 10.1. The van der Waals surface area contributed by atoms with Crippen molar-refractivity contribution in [2.75, 3.05) is 0 Å². The summed E-state index contributed by atoms with van der Waals surface area (Å²) in [6.07, 6.45) is 2.48. The zero-order chi connectivity index (χ0) is 13.9. The first-order valence-corrected chi connectivity index (χ1v) is 7.80. The normalized spacial score (nSPS) is 12.7. The molecule has 6 heteroatoms. The van der Waals surface area contributed by atoms with Gasteiger partial charge in [-0.15, -0.1) is 11.3 Å². The predicted octanol–water partition coefficient (Wildman–Crippen LogP) is 3.20. The van der Waals surface area contributed by atoms with Gasteiger partial charge >= 0.3 is 0 Å². The molecule has 2 heterocycles. The molecule has 0 aliphatic rings. The minimum Gasteiger partial charge on any atom is -0.271 e. The van der Waals surface area contributed by atoms with E-state index in [1.807, 2.05) is 30.3 Å². The van der Waals surface area contributed by atoms with E-state index in [9.17, 15) is 0 Å². The van der Waals surface area contributed by atoms with Crippen molar-refractivity contribution in [1.29, 1.82) is 0 Å². The van der Waals surface area contributed by atoms with Crippen LogP contribution in [0.4, 0.5) is 0 Å². The highest BCUT2D eigenvalue weighted by molar-refractivity contribution is 9.10. The van der Waals surface area contributed by atoms with Gasteiger partial charge in [0.2, 0.25) is 0 Å². The number of nitrogens with zero attached hydrogens (tertiary/aromatic N) is 2. The molecule has 1 unspecified atom stereocenters. The molecule has 0 saturated heterocycles. The average Bonchev–Trinajstić information content (AvgIpc) is 2.88. The molecule has 0 aliphatic carbocycles. The number of hydrogen-bond acceptors (Lipinski definition) is 5. The van der Waals surface area contributed by atoms with Crippen molar-refractivity contribution in [3.8, 4) is 0 Å². The first-order chi connectivity index (χ1) is 9.78. The first kappa shape index (κ1) is 13.6. The van der Waals surface area contributed by atoms with Gasteiger partial charge in [0.1, 0.15) is 0 Å². The molecule has 3 rings (SSSR count). The molecule has 0 radical (unpaired) electrons. The average molecular weight is 349 g/mol. The summed E-state index contributed by atoms with van der Waals surface area (Å²) < 4.78 is 2.14. The third-order valence-electron chi connectivity index (χ3n) is 3.04. The maximum atomic E-state index is 5.68. The van der Waals surface area contributed by atoms with Crippen LogP contribution in [0.5, 0.6) is 0 Å². The quantitative estimate of drug-likeness (QED) is 0.561. The van der Waals surface area contributed by atoms with Gasteiger partial charge in [0.15, 0.2) is 0 Å². The summed E-state index contributed by atoms with van der Waals surface area (Å²) in [5.74, 6) is 5.68. The fraction of sp³-hybridized carbons (Fsp3) is 0.143. The Balaban J connectivity index is 1.90. The molecule has 0 bridgehead atoms. The number of nitrogens with two attached hydrogens (primary N) is 1. The Morgan fingerprint density at radius 1 is 1.25 bits per heavy atom. The van der Waals surface area contributed by atoms with Gasteiger partial charge in [-0.05, 0) is 40.2 Å². The molecule has 3 N–H and O–H groups in total. The highest BCUT2D eigenvalue weighted by atomic mass is 79.9. The van der Waals surface area contributed by atoms with Crippen molar-refractivity contribution in [2.45, 2.75) is 12.5 Å². The van der Waals surface area contributed by atoms with E-state index in [4.69, 9.17) is 5.84 Å². The fourth-order valence-electron chi connectivity index (χ4n) is 2.07. The van der Waals surface area contributed by atoms with E-state index < -0.39 is 0 Å². The molecule has 0 spiro atoms. The van der Waals surface area contributed by atoms with E-state index >= 15 is 0 Å². The van der Waals surface area contributed by atoms with Crippen LogP contribution in [0.15, 0.2) is 47.1 Å². The van der Waals surface area contributed by atoms with E-state index in [1.54, 1.807) is 17.5 Å². The standard InChI is InChI=1S/C14H13BrN4S/c15-9-4-3-7-17-14(9)11(19-16)8-13-18-10-5-1-2-6-12(10)20-13/h1-7,11,19H,8,16H2. The summed E-state index contributed by atoms with van der Waals surface area (Å²) in [6, 6.07) is 11.9. The van der Waals surface area contributed by atoms with Crippen molar-refractivity contribution in [2.24, 2.45) is 5.84 Å². The molecular weight excluding hydrogens is 336 g/mol. The number of fused-ring (bicyclic) bond motifs is 1. The van der Waals surface area contributed by atoms with Crippen molar-refractivity contribution in [1.82, 2.24) is 15.4 Å². The molecular formula is C14H13BrN4S. The molecule has 0 saturated carbocycles. The lowest BCUT2D eigenvalue weighted by molar-refractivity contribution is 0.535. The molecule has 1 aromatic carbocycles. The van der Waals surface area contributed by atoms with Crippen LogP contribution in [0.2, 0.25) is 0 Å². The van der Waals surface area contributed by atoms with E-state index in [0.29, 0.717) is 6.42 Å². The molecule has 0 aliphatic heterocycles. The van der Waals surface area contributed by atoms with Gasteiger partial charge in [-0.1, -0.05) is 12.1 Å². The number of aromatic nitrogens is 2. The summed E-state index contributed by atoms with van der Waals surface area (Å²) >= 11 is 5.20. The van der Waals surface area contributed by atoms with Gasteiger partial charge < -0.3 is 0 Å². The van der Waals surface area contributed by atoms with Crippen molar-refractivity contribution >= 4 is 37.5 Å². The number of benzene rings is 1. The summed E-state index contributed by atoms with van der Waals surface area (Å²) in [7, 11) is 0. The van der Waals surface area contributed by atoms with E-state index in [-0.39, 0.29) is 6.04 Å². The van der Waals surface area contributed by atoms with Crippen molar-refractivity contribution in [3.05, 3.63) is 57.8 Å².